The molecule has 1 aromatic heterocycles. The van der Waals surface area contributed by atoms with Gasteiger partial charge in [-0.05, 0) is 43.0 Å². The van der Waals surface area contributed by atoms with Crippen LogP contribution in [0.4, 0.5) is 0 Å². The summed E-state index contributed by atoms with van der Waals surface area (Å²) in [6, 6.07) is 10.7. The Balaban J connectivity index is 1.54. The predicted molar refractivity (Wildman–Crippen MR) is 94.0 cm³/mol. The van der Waals surface area contributed by atoms with Gasteiger partial charge in [0.2, 0.25) is 10.0 Å². The SMILES string of the molecule is Cc1cncc(CN2CCC(NS(=O)(=O)c3ccccc3)CC2)c1. The topological polar surface area (TPSA) is 62.3 Å². The van der Waals surface area contributed by atoms with Gasteiger partial charge in [-0.25, -0.2) is 13.1 Å². The zero-order valence-corrected chi connectivity index (χ0v) is 14.7. The Hall–Kier alpha value is -1.76. The minimum Gasteiger partial charge on any atom is -0.299 e. The number of nitrogens with zero attached hydrogens (tertiary/aromatic N) is 2. The first-order valence-electron chi connectivity index (χ1n) is 8.23. The Bertz CT molecular complexity index is 770. The highest BCUT2D eigenvalue weighted by Gasteiger charge is 2.24. The highest BCUT2D eigenvalue weighted by atomic mass is 32.2. The molecule has 0 amide bonds. The van der Waals surface area contributed by atoms with E-state index in [0.717, 1.165) is 38.0 Å². The number of sulfonamides is 1. The Morgan fingerprint density at radius 1 is 1.17 bits per heavy atom. The zero-order valence-electron chi connectivity index (χ0n) is 13.9. The maximum absolute atomic E-state index is 12.4. The van der Waals surface area contributed by atoms with Gasteiger partial charge in [0.05, 0.1) is 4.90 Å². The second-order valence-corrected chi connectivity index (χ2v) is 8.07. The molecule has 1 aromatic carbocycles. The quantitative estimate of drug-likeness (QED) is 0.903. The number of likely N-dealkylation sites (tertiary alicyclic amines) is 1. The Morgan fingerprint density at radius 3 is 2.54 bits per heavy atom. The molecular formula is C18H23N3O2S. The zero-order chi connectivity index (χ0) is 17.0. The normalized spacial score (nSPS) is 17.0. The van der Waals surface area contributed by atoms with Gasteiger partial charge in [0, 0.05) is 38.1 Å². The van der Waals surface area contributed by atoms with Crippen LogP contribution in [0, 0.1) is 6.92 Å². The van der Waals surface area contributed by atoms with Crippen molar-refractivity contribution in [3.05, 3.63) is 59.9 Å². The molecule has 1 aliphatic rings. The smallest absolute Gasteiger partial charge is 0.240 e. The van der Waals surface area contributed by atoms with Gasteiger partial charge in [-0.2, -0.15) is 0 Å². The van der Waals surface area contributed by atoms with E-state index in [9.17, 15) is 8.42 Å². The van der Waals surface area contributed by atoms with Gasteiger partial charge < -0.3 is 0 Å². The third-order valence-corrected chi connectivity index (χ3v) is 5.84. The maximum atomic E-state index is 12.4. The van der Waals surface area contributed by atoms with Crippen molar-refractivity contribution in [1.82, 2.24) is 14.6 Å². The molecule has 0 saturated carbocycles. The molecule has 0 spiro atoms. The van der Waals surface area contributed by atoms with Gasteiger partial charge >= 0.3 is 0 Å². The van der Waals surface area contributed by atoms with Crippen LogP contribution < -0.4 is 4.72 Å². The molecule has 5 nitrogen and oxygen atoms in total. The third-order valence-electron chi connectivity index (χ3n) is 4.30. The van der Waals surface area contributed by atoms with Crippen LogP contribution in [0.25, 0.3) is 0 Å². The summed E-state index contributed by atoms with van der Waals surface area (Å²) in [6.07, 6.45) is 5.40. The van der Waals surface area contributed by atoms with Crippen LogP contribution in [0.1, 0.15) is 24.0 Å². The number of nitrogens with one attached hydrogen (secondary N) is 1. The Labute approximate surface area is 143 Å². The molecule has 2 aromatic rings. The lowest BCUT2D eigenvalue weighted by Crippen LogP contribution is -2.44. The number of hydrogen-bond donors (Lipinski definition) is 1. The van der Waals surface area contributed by atoms with Crippen LogP contribution in [-0.2, 0) is 16.6 Å². The van der Waals surface area contributed by atoms with E-state index in [1.54, 1.807) is 24.3 Å². The van der Waals surface area contributed by atoms with Crippen molar-refractivity contribution in [2.45, 2.75) is 37.2 Å². The van der Waals surface area contributed by atoms with E-state index >= 15 is 0 Å². The number of pyridine rings is 1. The fourth-order valence-electron chi connectivity index (χ4n) is 3.06. The largest absolute Gasteiger partial charge is 0.299 e. The van der Waals surface area contributed by atoms with Gasteiger partial charge in [-0.1, -0.05) is 24.3 Å². The highest BCUT2D eigenvalue weighted by molar-refractivity contribution is 7.89. The van der Waals surface area contributed by atoms with Gasteiger partial charge in [0.1, 0.15) is 0 Å². The fraction of sp³-hybridized carbons (Fsp3) is 0.389. The number of aryl methyl sites for hydroxylation is 1. The van der Waals surface area contributed by atoms with Crippen LogP contribution in [0.3, 0.4) is 0 Å². The van der Waals surface area contributed by atoms with Gasteiger partial charge in [-0.3, -0.25) is 9.88 Å². The molecule has 0 unspecified atom stereocenters. The van der Waals surface area contributed by atoms with E-state index in [2.05, 4.69) is 20.7 Å². The number of benzene rings is 1. The van der Waals surface area contributed by atoms with E-state index in [-0.39, 0.29) is 6.04 Å². The molecule has 0 bridgehead atoms. The molecule has 128 valence electrons. The van der Waals surface area contributed by atoms with E-state index in [4.69, 9.17) is 0 Å². The number of rotatable bonds is 5. The van der Waals surface area contributed by atoms with Crippen molar-refractivity contribution in [2.24, 2.45) is 0 Å². The van der Waals surface area contributed by atoms with Crippen molar-refractivity contribution < 1.29 is 8.42 Å². The minimum absolute atomic E-state index is 0.00194. The lowest BCUT2D eigenvalue weighted by molar-refractivity contribution is 0.199. The predicted octanol–water partition coefficient (Wildman–Crippen LogP) is 2.33. The molecule has 0 radical (unpaired) electrons. The lowest BCUT2D eigenvalue weighted by Gasteiger charge is -2.32. The highest BCUT2D eigenvalue weighted by Crippen LogP contribution is 2.17. The van der Waals surface area contributed by atoms with Crippen molar-refractivity contribution in [3.63, 3.8) is 0 Å². The fourth-order valence-corrected chi connectivity index (χ4v) is 4.38. The minimum atomic E-state index is -3.42. The maximum Gasteiger partial charge on any atom is 0.240 e. The molecule has 1 aliphatic heterocycles. The first kappa shape index (κ1) is 17.1. The summed E-state index contributed by atoms with van der Waals surface area (Å²) < 4.78 is 27.6. The van der Waals surface area contributed by atoms with Crippen molar-refractivity contribution in [2.75, 3.05) is 13.1 Å². The molecule has 6 heteroatoms. The second-order valence-electron chi connectivity index (χ2n) is 6.36. The van der Waals surface area contributed by atoms with Crippen LogP contribution in [-0.4, -0.2) is 37.4 Å². The second kappa shape index (κ2) is 7.42. The van der Waals surface area contributed by atoms with Crippen LogP contribution >= 0.6 is 0 Å². The van der Waals surface area contributed by atoms with Crippen LogP contribution in [0.5, 0.6) is 0 Å². The van der Waals surface area contributed by atoms with E-state index < -0.39 is 10.0 Å². The molecular weight excluding hydrogens is 322 g/mol. The number of hydrogen-bond acceptors (Lipinski definition) is 4. The Morgan fingerprint density at radius 2 is 1.88 bits per heavy atom. The summed E-state index contributed by atoms with van der Waals surface area (Å²) in [7, 11) is -3.42. The van der Waals surface area contributed by atoms with Crippen LogP contribution in [0.15, 0.2) is 53.7 Å². The van der Waals surface area contributed by atoms with Crippen LogP contribution in [0.2, 0.25) is 0 Å². The first-order valence-corrected chi connectivity index (χ1v) is 9.71. The van der Waals surface area contributed by atoms with Crippen molar-refractivity contribution in [3.8, 4) is 0 Å². The van der Waals surface area contributed by atoms with Gasteiger partial charge in [0.15, 0.2) is 0 Å². The first-order chi connectivity index (χ1) is 11.5. The summed E-state index contributed by atoms with van der Waals surface area (Å²) >= 11 is 0. The van der Waals surface area contributed by atoms with Crippen molar-refractivity contribution >= 4 is 10.0 Å². The van der Waals surface area contributed by atoms with Gasteiger partial charge in [0.25, 0.3) is 0 Å². The number of piperidine rings is 1. The average molecular weight is 345 g/mol. The molecule has 3 rings (SSSR count). The third kappa shape index (κ3) is 4.41. The molecule has 2 heterocycles. The van der Waals surface area contributed by atoms with E-state index in [1.807, 2.05) is 25.4 Å². The van der Waals surface area contributed by atoms with Gasteiger partial charge in [-0.15, -0.1) is 0 Å². The molecule has 1 saturated heterocycles. The molecule has 0 atom stereocenters. The Kier molecular flexibility index (Phi) is 5.28. The van der Waals surface area contributed by atoms with E-state index in [1.165, 1.54) is 5.56 Å². The average Bonchev–Trinajstić information content (AvgIpc) is 2.57. The lowest BCUT2D eigenvalue weighted by atomic mass is 10.1. The molecule has 0 aliphatic carbocycles. The molecule has 24 heavy (non-hydrogen) atoms. The van der Waals surface area contributed by atoms with Crippen molar-refractivity contribution in [1.29, 1.82) is 0 Å². The summed E-state index contributed by atoms with van der Waals surface area (Å²) in [6.45, 7) is 4.68. The standard InChI is InChI=1S/C18H23N3O2S/c1-15-11-16(13-19-12-15)14-21-9-7-17(8-10-21)20-24(22,23)18-5-3-2-4-6-18/h2-6,11-13,17,20H,7-10,14H2,1H3. The van der Waals surface area contributed by atoms with E-state index in [0.29, 0.717) is 4.90 Å². The summed E-state index contributed by atoms with van der Waals surface area (Å²) in [4.78, 5) is 6.91. The summed E-state index contributed by atoms with van der Waals surface area (Å²) in [5, 5.41) is 0. The molecule has 1 N–H and O–H groups in total. The summed E-state index contributed by atoms with van der Waals surface area (Å²) in [5.74, 6) is 0. The monoisotopic (exact) mass is 345 g/mol. The summed E-state index contributed by atoms with van der Waals surface area (Å²) in [5.41, 5.74) is 2.37. The molecule has 1 fully saturated rings. The number of aromatic nitrogens is 1.